The number of benzene rings is 1. The molecule has 0 unspecified atom stereocenters. The molecular formula is C16H19FN6O. The molecule has 0 bridgehead atoms. The van der Waals surface area contributed by atoms with Gasteiger partial charge in [0.05, 0.1) is 11.6 Å². The molecule has 1 amide bonds. The first-order chi connectivity index (χ1) is 11.5. The Labute approximate surface area is 139 Å². The molecule has 1 aromatic heterocycles. The highest BCUT2D eigenvalue weighted by Gasteiger charge is 2.52. The molecule has 0 atom stereocenters. The van der Waals surface area contributed by atoms with Gasteiger partial charge in [0.25, 0.3) is 5.91 Å². The largest absolute Gasteiger partial charge is 0.384 e. The second-order valence-corrected chi connectivity index (χ2v) is 5.66. The van der Waals surface area contributed by atoms with E-state index in [4.69, 9.17) is 5.73 Å². The Morgan fingerprint density at radius 3 is 2.88 bits per heavy atom. The molecule has 2 aromatic rings. The first kappa shape index (κ1) is 15.9. The fourth-order valence-corrected chi connectivity index (χ4v) is 2.46. The predicted octanol–water partition coefficient (Wildman–Crippen LogP) is 1.74. The summed E-state index contributed by atoms with van der Waals surface area (Å²) < 4.78 is 15.5. The van der Waals surface area contributed by atoms with Crippen molar-refractivity contribution in [2.45, 2.75) is 18.3 Å². The zero-order chi connectivity index (χ0) is 17.2. The van der Waals surface area contributed by atoms with Crippen molar-refractivity contribution in [2.75, 3.05) is 5.32 Å². The van der Waals surface area contributed by atoms with Gasteiger partial charge >= 0.3 is 0 Å². The van der Waals surface area contributed by atoms with Gasteiger partial charge in [-0.15, -0.1) is 5.10 Å². The Morgan fingerprint density at radius 1 is 1.50 bits per heavy atom. The van der Waals surface area contributed by atoms with Crippen LogP contribution in [0.3, 0.4) is 0 Å². The SMILES string of the molecule is Cn1cc(N/C=C\C(N)=NC(=O)C2(c3ccccc3F)CC2)nn1.[HH]. The number of aryl methyl sites for hydroxylation is 1. The Balaban J connectivity index is 0.00000225. The molecule has 1 aliphatic carbocycles. The van der Waals surface area contributed by atoms with Crippen LogP contribution in [0.4, 0.5) is 10.2 Å². The monoisotopic (exact) mass is 330 g/mol. The van der Waals surface area contributed by atoms with Gasteiger partial charge in [0.15, 0.2) is 5.82 Å². The summed E-state index contributed by atoms with van der Waals surface area (Å²) in [6.45, 7) is 0. The molecule has 1 saturated carbocycles. The number of nitrogens with zero attached hydrogens (tertiary/aromatic N) is 4. The van der Waals surface area contributed by atoms with Gasteiger partial charge in [0.2, 0.25) is 0 Å². The molecule has 126 valence electrons. The van der Waals surface area contributed by atoms with E-state index in [-0.39, 0.29) is 7.26 Å². The quantitative estimate of drug-likeness (QED) is 0.643. The van der Waals surface area contributed by atoms with Crippen LogP contribution in [0.25, 0.3) is 0 Å². The topological polar surface area (TPSA) is 98.2 Å². The minimum Gasteiger partial charge on any atom is -0.384 e. The van der Waals surface area contributed by atoms with Crippen molar-refractivity contribution in [1.29, 1.82) is 0 Å². The van der Waals surface area contributed by atoms with Crippen LogP contribution in [0.5, 0.6) is 0 Å². The molecule has 0 saturated heterocycles. The molecule has 3 rings (SSSR count). The number of nitrogens with one attached hydrogen (secondary N) is 1. The number of hydrogen-bond acceptors (Lipinski definition) is 4. The number of nitrogens with two attached hydrogens (primary N) is 1. The van der Waals surface area contributed by atoms with Gasteiger partial charge in [-0.1, -0.05) is 23.4 Å². The Kier molecular flexibility index (Phi) is 4.11. The lowest BCUT2D eigenvalue weighted by molar-refractivity contribution is -0.120. The fourth-order valence-electron chi connectivity index (χ4n) is 2.46. The number of anilines is 1. The van der Waals surface area contributed by atoms with Crippen LogP contribution in [0.15, 0.2) is 47.7 Å². The Morgan fingerprint density at radius 2 is 2.25 bits per heavy atom. The maximum absolute atomic E-state index is 13.9. The van der Waals surface area contributed by atoms with Crippen LogP contribution in [0.2, 0.25) is 0 Å². The summed E-state index contributed by atoms with van der Waals surface area (Å²) in [5, 5.41) is 10.5. The maximum atomic E-state index is 13.9. The average molecular weight is 330 g/mol. The summed E-state index contributed by atoms with van der Waals surface area (Å²) in [4.78, 5) is 16.3. The van der Waals surface area contributed by atoms with Crippen LogP contribution in [-0.2, 0) is 17.3 Å². The van der Waals surface area contributed by atoms with E-state index >= 15 is 0 Å². The van der Waals surface area contributed by atoms with E-state index in [2.05, 4.69) is 20.6 Å². The summed E-state index contributed by atoms with van der Waals surface area (Å²) >= 11 is 0. The number of aliphatic imine (C=N–C) groups is 1. The van der Waals surface area contributed by atoms with Crippen molar-refractivity contribution in [3.05, 3.63) is 54.1 Å². The number of carbonyl (C=O) groups excluding carboxylic acids is 1. The van der Waals surface area contributed by atoms with Crippen LogP contribution >= 0.6 is 0 Å². The van der Waals surface area contributed by atoms with Crippen molar-refractivity contribution < 1.29 is 10.6 Å². The number of hydrogen-bond donors (Lipinski definition) is 2. The van der Waals surface area contributed by atoms with E-state index in [9.17, 15) is 9.18 Å². The van der Waals surface area contributed by atoms with E-state index in [1.165, 1.54) is 18.3 Å². The molecule has 7 nitrogen and oxygen atoms in total. The van der Waals surface area contributed by atoms with Gasteiger partial charge in [-0.05, 0) is 25.0 Å². The van der Waals surface area contributed by atoms with E-state index in [0.717, 1.165) is 0 Å². The maximum Gasteiger partial charge on any atom is 0.258 e. The molecule has 0 spiro atoms. The van der Waals surface area contributed by atoms with Crippen LogP contribution in [-0.4, -0.2) is 26.7 Å². The molecular weight excluding hydrogens is 311 g/mol. The standard InChI is InChI=1S/C16H17FN6O.H2/c1-23-10-14(21-22-23)19-9-6-13(18)20-15(24)16(7-8-16)11-4-2-3-5-12(11)17;/h2-6,9-10,19H,7-8H2,1H3,(H2,18,20,24);1H/b9-6-;. The second kappa shape index (κ2) is 6.23. The van der Waals surface area contributed by atoms with Crippen molar-refractivity contribution in [3.63, 3.8) is 0 Å². The second-order valence-electron chi connectivity index (χ2n) is 5.66. The van der Waals surface area contributed by atoms with E-state index in [0.29, 0.717) is 24.2 Å². The van der Waals surface area contributed by atoms with Gasteiger partial charge in [0, 0.05) is 20.2 Å². The molecule has 0 radical (unpaired) electrons. The molecule has 1 aromatic carbocycles. The average Bonchev–Trinajstić information content (AvgIpc) is 3.25. The summed E-state index contributed by atoms with van der Waals surface area (Å²) in [5.74, 6) is -0.233. The predicted molar refractivity (Wildman–Crippen MR) is 89.8 cm³/mol. The minimum atomic E-state index is -0.873. The van der Waals surface area contributed by atoms with Crippen molar-refractivity contribution >= 4 is 17.6 Å². The molecule has 1 aliphatic rings. The third-order valence-corrected chi connectivity index (χ3v) is 3.87. The smallest absolute Gasteiger partial charge is 0.258 e. The van der Waals surface area contributed by atoms with Gasteiger partial charge in [-0.3, -0.25) is 9.48 Å². The first-order valence-corrected chi connectivity index (χ1v) is 7.44. The summed E-state index contributed by atoms with van der Waals surface area (Å²) in [7, 11) is 1.74. The lowest BCUT2D eigenvalue weighted by Crippen LogP contribution is -2.23. The molecule has 0 aliphatic heterocycles. The molecule has 8 heteroatoms. The number of carbonyl (C=O) groups is 1. The van der Waals surface area contributed by atoms with E-state index in [1.54, 1.807) is 36.1 Å². The number of amidine groups is 1. The zero-order valence-electron chi connectivity index (χ0n) is 13.1. The number of amides is 1. The number of rotatable bonds is 5. The lowest BCUT2D eigenvalue weighted by atomic mass is 9.94. The third kappa shape index (κ3) is 3.17. The van der Waals surface area contributed by atoms with Crippen LogP contribution < -0.4 is 11.1 Å². The number of aromatic nitrogens is 3. The fraction of sp³-hybridized carbons (Fsp3) is 0.250. The van der Waals surface area contributed by atoms with Crippen LogP contribution in [0.1, 0.15) is 19.8 Å². The molecule has 24 heavy (non-hydrogen) atoms. The minimum absolute atomic E-state index is 0. The lowest BCUT2D eigenvalue weighted by Gasteiger charge is -2.12. The first-order valence-electron chi connectivity index (χ1n) is 7.44. The highest BCUT2D eigenvalue weighted by Crippen LogP contribution is 2.50. The normalized spacial score (nSPS) is 16.3. The van der Waals surface area contributed by atoms with E-state index in [1.807, 2.05) is 0 Å². The third-order valence-electron chi connectivity index (χ3n) is 3.87. The molecule has 1 fully saturated rings. The highest BCUT2D eigenvalue weighted by molar-refractivity contribution is 6.04. The molecule has 1 heterocycles. The highest BCUT2D eigenvalue weighted by atomic mass is 19.1. The van der Waals surface area contributed by atoms with Crippen molar-refractivity contribution in [3.8, 4) is 0 Å². The molecule has 3 N–H and O–H groups in total. The summed E-state index contributed by atoms with van der Waals surface area (Å²) in [5.41, 5.74) is 5.26. The van der Waals surface area contributed by atoms with Gasteiger partial charge in [0.1, 0.15) is 11.7 Å². The van der Waals surface area contributed by atoms with Gasteiger partial charge < -0.3 is 11.1 Å². The van der Waals surface area contributed by atoms with Gasteiger partial charge in [-0.2, -0.15) is 4.99 Å². The van der Waals surface area contributed by atoms with Crippen molar-refractivity contribution in [2.24, 2.45) is 17.8 Å². The Hall–Kier alpha value is -3.03. The Bertz CT molecular complexity index is 828. The van der Waals surface area contributed by atoms with Gasteiger partial charge in [-0.25, -0.2) is 4.39 Å². The summed E-state index contributed by atoms with van der Waals surface area (Å²) in [6.07, 6.45) is 5.79. The van der Waals surface area contributed by atoms with E-state index < -0.39 is 17.1 Å². The zero-order valence-corrected chi connectivity index (χ0v) is 13.1. The summed E-state index contributed by atoms with van der Waals surface area (Å²) in [6, 6.07) is 6.28. The van der Waals surface area contributed by atoms with Crippen molar-refractivity contribution in [1.82, 2.24) is 15.0 Å². The number of halogens is 1. The van der Waals surface area contributed by atoms with Crippen LogP contribution in [0, 0.1) is 5.82 Å².